The first-order chi connectivity index (χ1) is 9.67. The number of carbonyl (C=O) groups is 1. The number of carbonyl (C=O) groups excluding carboxylic acids is 1. The molecule has 2 N–H and O–H groups in total. The zero-order chi connectivity index (χ0) is 15.8. The molecule has 1 heterocycles. The van der Waals surface area contributed by atoms with Gasteiger partial charge in [0.2, 0.25) is 0 Å². The van der Waals surface area contributed by atoms with Crippen molar-refractivity contribution in [2.24, 2.45) is 5.73 Å². The fourth-order valence-electron chi connectivity index (χ4n) is 2.32. The summed E-state index contributed by atoms with van der Waals surface area (Å²) in [5, 5.41) is 0.616. The molecule has 0 unspecified atom stereocenters. The quantitative estimate of drug-likeness (QED) is 0.738. The van der Waals surface area contributed by atoms with Gasteiger partial charge in [0.05, 0.1) is 6.54 Å². The summed E-state index contributed by atoms with van der Waals surface area (Å²) in [5.74, 6) is 0. The first kappa shape index (κ1) is 16.6. The van der Waals surface area contributed by atoms with E-state index in [1.807, 2.05) is 32.9 Å². The molecule has 0 spiro atoms. The number of benzene rings is 1. The number of nitrogens with zero attached hydrogens (tertiary/aromatic N) is 1. The highest BCUT2D eigenvalue weighted by molar-refractivity contribution is 9.10. The van der Waals surface area contributed by atoms with Crippen LogP contribution in [0.3, 0.4) is 0 Å². The third-order valence-corrected chi connectivity index (χ3v) is 4.10. The van der Waals surface area contributed by atoms with E-state index in [1.54, 1.807) is 4.90 Å². The molecule has 1 aliphatic rings. The van der Waals surface area contributed by atoms with Crippen LogP contribution in [0, 0.1) is 0 Å². The third-order valence-electron chi connectivity index (χ3n) is 3.30. The van der Waals surface area contributed by atoms with Crippen molar-refractivity contribution >= 4 is 33.6 Å². The molecule has 0 fully saturated rings. The number of halogens is 2. The lowest BCUT2D eigenvalue weighted by Gasteiger charge is -2.26. The van der Waals surface area contributed by atoms with Crippen LogP contribution >= 0.6 is 27.5 Å². The van der Waals surface area contributed by atoms with Gasteiger partial charge in [-0.1, -0.05) is 27.5 Å². The number of nitrogens with two attached hydrogens (primary N) is 1. The lowest BCUT2D eigenvalue weighted by Crippen LogP contribution is -2.36. The number of hydrogen-bond acceptors (Lipinski definition) is 3. The molecule has 1 aliphatic heterocycles. The Balaban J connectivity index is 2.29. The van der Waals surface area contributed by atoms with Crippen LogP contribution in [0.2, 0.25) is 5.02 Å². The van der Waals surface area contributed by atoms with Crippen molar-refractivity contribution in [3.05, 3.63) is 32.8 Å². The van der Waals surface area contributed by atoms with E-state index < -0.39 is 5.60 Å². The van der Waals surface area contributed by atoms with Crippen molar-refractivity contribution in [1.29, 1.82) is 0 Å². The Morgan fingerprint density at radius 3 is 2.76 bits per heavy atom. The second-order valence-electron chi connectivity index (χ2n) is 6.25. The van der Waals surface area contributed by atoms with Crippen LogP contribution < -0.4 is 5.73 Å². The molecule has 4 nitrogen and oxygen atoms in total. The Bertz CT molecular complexity index is 557. The van der Waals surface area contributed by atoms with E-state index in [4.69, 9.17) is 22.1 Å². The highest BCUT2D eigenvalue weighted by Gasteiger charge is 2.28. The van der Waals surface area contributed by atoms with Gasteiger partial charge in [0, 0.05) is 22.1 Å². The van der Waals surface area contributed by atoms with Gasteiger partial charge in [-0.2, -0.15) is 0 Å². The first-order valence-electron chi connectivity index (χ1n) is 6.88. The topological polar surface area (TPSA) is 55.6 Å². The van der Waals surface area contributed by atoms with E-state index in [-0.39, 0.29) is 12.1 Å². The highest BCUT2D eigenvalue weighted by atomic mass is 79.9. The number of hydrogen-bond donors (Lipinski definition) is 1. The van der Waals surface area contributed by atoms with Crippen LogP contribution in [0.25, 0.3) is 0 Å². The third kappa shape index (κ3) is 4.11. The van der Waals surface area contributed by atoms with Crippen molar-refractivity contribution in [3.63, 3.8) is 0 Å². The normalized spacial score (nSPS) is 19.0. The zero-order valence-corrected chi connectivity index (χ0v) is 14.8. The number of amides is 1. The van der Waals surface area contributed by atoms with Gasteiger partial charge >= 0.3 is 6.09 Å². The minimum absolute atomic E-state index is 0.137. The van der Waals surface area contributed by atoms with Gasteiger partial charge in [-0.3, -0.25) is 0 Å². The number of rotatable bonds is 0. The standard InChI is InChI=1S/C15H20BrClN2O2/c1-15(2,3)21-14(20)19-5-4-13(18)10-6-9(16)7-12(17)11(10)8-19/h6-7,13H,4-5,8,18H2,1-3H3/t13-/m0/s1. The molecule has 21 heavy (non-hydrogen) atoms. The molecule has 0 saturated heterocycles. The van der Waals surface area contributed by atoms with Crippen LogP contribution in [0.1, 0.15) is 44.4 Å². The molecule has 0 bridgehead atoms. The summed E-state index contributed by atoms with van der Waals surface area (Å²) in [6.07, 6.45) is 0.348. The molecular weight excluding hydrogens is 356 g/mol. The maximum atomic E-state index is 12.3. The van der Waals surface area contributed by atoms with Gasteiger partial charge in [-0.25, -0.2) is 4.79 Å². The van der Waals surface area contributed by atoms with Gasteiger partial charge in [-0.15, -0.1) is 0 Å². The van der Waals surface area contributed by atoms with Crippen molar-refractivity contribution in [2.45, 2.75) is 45.4 Å². The molecular formula is C15H20BrClN2O2. The number of ether oxygens (including phenoxy) is 1. The molecule has 2 rings (SSSR count). The van der Waals surface area contributed by atoms with Gasteiger partial charge < -0.3 is 15.4 Å². The molecule has 0 saturated carbocycles. The SMILES string of the molecule is CC(C)(C)OC(=O)N1CC[C@H](N)c2cc(Br)cc(Cl)c2C1. The second-order valence-corrected chi connectivity index (χ2v) is 7.58. The van der Waals surface area contributed by atoms with Gasteiger partial charge in [0.25, 0.3) is 0 Å². The highest BCUT2D eigenvalue weighted by Crippen LogP contribution is 2.33. The first-order valence-corrected chi connectivity index (χ1v) is 8.06. The van der Waals surface area contributed by atoms with Crippen LogP contribution in [-0.4, -0.2) is 23.1 Å². The van der Waals surface area contributed by atoms with E-state index in [0.717, 1.165) is 15.6 Å². The summed E-state index contributed by atoms with van der Waals surface area (Å²) >= 11 is 9.76. The maximum Gasteiger partial charge on any atom is 0.410 e. The molecule has 0 radical (unpaired) electrons. The fraction of sp³-hybridized carbons (Fsp3) is 0.533. The van der Waals surface area contributed by atoms with Gasteiger partial charge in [0.1, 0.15) is 5.60 Å². The monoisotopic (exact) mass is 374 g/mol. The Hall–Kier alpha value is -0.780. The van der Waals surface area contributed by atoms with E-state index in [9.17, 15) is 4.79 Å². The molecule has 116 valence electrons. The fourth-order valence-corrected chi connectivity index (χ4v) is 3.22. The summed E-state index contributed by atoms with van der Waals surface area (Å²) in [6.45, 7) is 6.54. The van der Waals surface area contributed by atoms with E-state index in [2.05, 4.69) is 15.9 Å². The van der Waals surface area contributed by atoms with Crippen molar-refractivity contribution in [2.75, 3.05) is 6.54 Å². The minimum atomic E-state index is -0.516. The van der Waals surface area contributed by atoms with Crippen molar-refractivity contribution < 1.29 is 9.53 Å². The summed E-state index contributed by atoms with van der Waals surface area (Å²) in [6, 6.07) is 3.67. The van der Waals surface area contributed by atoms with E-state index in [0.29, 0.717) is 24.5 Å². The second kappa shape index (κ2) is 6.15. The molecule has 1 atom stereocenters. The molecule has 1 aromatic rings. The van der Waals surface area contributed by atoms with Crippen molar-refractivity contribution in [1.82, 2.24) is 4.90 Å². The van der Waals surface area contributed by atoms with Gasteiger partial charge in [-0.05, 0) is 50.5 Å². The van der Waals surface area contributed by atoms with Crippen LogP contribution in [0.4, 0.5) is 4.79 Å². The zero-order valence-electron chi connectivity index (χ0n) is 12.5. The van der Waals surface area contributed by atoms with E-state index in [1.165, 1.54) is 0 Å². The molecule has 0 aromatic heterocycles. The van der Waals surface area contributed by atoms with Crippen LogP contribution in [0.15, 0.2) is 16.6 Å². The average molecular weight is 376 g/mol. The lowest BCUT2D eigenvalue weighted by atomic mass is 10.0. The predicted octanol–water partition coefficient (Wildman–Crippen LogP) is 4.24. The summed E-state index contributed by atoms with van der Waals surface area (Å²) in [5.41, 5.74) is 7.58. The smallest absolute Gasteiger partial charge is 0.410 e. The predicted molar refractivity (Wildman–Crippen MR) is 87.3 cm³/mol. The van der Waals surface area contributed by atoms with E-state index >= 15 is 0 Å². The Labute approximate surface area is 138 Å². The minimum Gasteiger partial charge on any atom is -0.444 e. The lowest BCUT2D eigenvalue weighted by molar-refractivity contribution is 0.0235. The Morgan fingerprint density at radius 2 is 2.14 bits per heavy atom. The maximum absolute atomic E-state index is 12.3. The summed E-state index contributed by atoms with van der Waals surface area (Å²) < 4.78 is 6.34. The summed E-state index contributed by atoms with van der Waals surface area (Å²) in [7, 11) is 0. The number of fused-ring (bicyclic) bond motifs is 1. The van der Waals surface area contributed by atoms with Crippen LogP contribution in [0.5, 0.6) is 0 Å². The van der Waals surface area contributed by atoms with Gasteiger partial charge in [0.15, 0.2) is 0 Å². The molecule has 1 aromatic carbocycles. The largest absolute Gasteiger partial charge is 0.444 e. The van der Waals surface area contributed by atoms with Crippen LogP contribution in [-0.2, 0) is 11.3 Å². The summed E-state index contributed by atoms with van der Waals surface area (Å²) in [4.78, 5) is 13.9. The molecule has 6 heteroatoms. The molecule has 0 aliphatic carbocycles. The Kier molecular flexibility index (Phi) is 4.85. The van der Waals surface area contributed by atoms with Crippen molar-refractivity contribution in [3.8, 4) is 0 Å². The Morgan fingerprint density at radius 1 is 1.48 bits per heavy atom. The molecule has 1 amide bonds. The average Bonchev–Trinajstić information content (AvgIpc) is 2.48.